The van der Waals surface area contributed by atoms with Crippen molar-refractivity contribution in [2.24, 2.45) is 0 Å². The maximum atomic E-state index is 13.3. The molecule has 0 aliphatic carbocycles. The van der Waals surface area contributed by atoms with Crippen LogP contribution in [0.4, 0.5) is 0 Å². The van der Waals surface area contributed by atoms with Crippen LogP contribution in [0.15, 0.2) is 79.0 Å². The summed E-state index contributed by atoms with van der Waals surface area (Å²) >= 11 is 0. The third kappa shape index (κ3) is 5.16. The number of aromatic nitrogens is 2. The first-order valence-corrected chi connectivity index (χ1v) is 10.9. The van der Waals surface area contributed by atoms with Crippen molar-refractivity contribution in [2.75, 3.05) is 21.3 Å². The first-order valence-electron chi connectivity index (χ1n) is 10.9. The summed E-state index contributed by atoms with van der Waals surface area (Å²) in [5.74, 6) is 0.466. The van der Waals surface area contributed by atoms with E-state index in [0.29, 0.717) is 33.9 Å². The van der Waals surface area contributed by atoms with E-state index in [-0.39, 0.29) is 12.5 Å². The van der Waals surface area contributed by atoms with E-state index in [9.17, 15) is 9.59 Å². The Kier molecular flexibility index (Phi) is 7.11. The van der Waals surface area contributed by atoms with E-state index in [4.69, 9.17) is 19.3 Å². The number of hydrogen-bond donors (Lipinski definition) is 1. The first kappa shape index (κ1) is 23.6. The number of nitrogens with zero attached hydrogens (tertiary/aromatic N) is 2. The molecular weight excluding hydrogens is 446 g/mol. The molecule has 8 heteroatoms. The SMILES string of the molecule is COC(=O)c1ccc(CNC(=O)c2cn(-c3ccccc3)nc2-c2ccc(OC)cc2OC)cc1. The Hall–Kier alpha value is -4.59. The zero-order chi connectivity index (χ0) is 24.8. The van der Waals surface area contributed by atoms with Crippen molar-refractivity contribution < 1.29 is 23.8 Å². The van der Waals surface area contributed by atoms with Crippen LogP contribution in [0.1, 0.15) is 26.3 Å². The number of esters is 1. The van der Waals surface area contributed by atoms with Gasteiger partial charge < -0.3 is 19.5 Å². The number of carbonyl (C=O) groups excluding carboxylic acids is 2. The van der Waals surface area contributed by atoms with Gasteiger partial charge >= 0.3 is 5.97 Å². The Morgan fingerprint density at radius 3 is 2.31 bits per heavy atom. The van der Waals surface area contributed by atoms with E-state index in [1.807, 2.05) is 36.4 Å². The highest BCUT2D eigenvalue weighted by Gasteiger charge is 2.21. The molecule has 0 bridgehead atoms. The molecule has 1 aromatic heterocycles. The molecule has 0 radical (unpaired) electrons. The van der Waals surface area contributed by atoms with Gasteiger partial charge in [-0.2, -0.15) is 5.10 Å². The fourth-order valence-corrected chi connectivity index (χ4v) is 3.60. The molecule has 0 fully saturated rings. The zero-order valence-corrected chi connectivity index (χ0v) is 19.6. The predicted octanol–water partition coefficient (Wildman–Crippen LogP) is 4.27. The van der Waals surface area contributed by atoms with Crippen LogP contribution < -0.4 is 14.8 Å². The molecule has 4 aromatic rings. The fourth-order valence-electron chi connectivity index (χ4n) is 3.60. The summed E-state index contributed by atoms with van der Waals surface area (Å²) in [5, 5.41) is 7.65. The van der Waals surface area contributed by atoms with Crippen LogP contribution in [0.3, 0.4) is 0 Å². The van der Waals surface area contributed by atoms with E-state index in [1.165, 1.54) is 7.11 Å². The Balaban J connectivity index is 1.66. The van der Waals surface area contributed by atoms with Gasteiger partial charge in [-0.25, -0.2) is 9.48 Å². The Morgan fingerprint density at radius 1 is 0.914 bits per heavy atom. The highest BCUT2D eigenvalue weighted by atomic mass is 16.5. The second-order valence-corrected chi connectivity index (χ2v) is 7.61. The summed E-state index contributed by atoms with van der Waals surface area (Å²) in [7, 11) is 4.47. The smallest absolute Gasteiger partial charge is 0.337 e. The summed E-state index contributed by atoms with van der Waals surface area (Å²) in [4.78, 5) is 24.9. The molecule has 8 nitrogen and oxygen atoms in total. The Morgan fingerprint density at radius 2 is 1.66 bits per heavy atom. The van der Waals surface area contributed by atoms with Gasteiger partial charge in [-0.15, -0.1) is 0 Å². The van der Waals surface area contributed by atoms with Gasteiger partial charge in [0, 0.05) is 24.4 Å². The zero-order valence-electron chi connectivity index (χ0n) is 19.6. The Labute approximate surface area is 203 Å². The second kappa shape index (κ2) is 10.6. The molecule has 0 saturated heterocycles. The van der Waals surface area contributed by atoms with Crippen LogP contribution in [0, 0.1) is 0 Å². The molecule has 0 aliphatic rings. The molecule has 0 spiro atoms. The van der Waals surface area contributed by atoms with Crippen LogP contribution in [-0.2, 0) is 11.3 Å². The van der Waals surface area contributed by atoms with Crippen LogP contribution in [-0.4, -0.2) is 43.0 Å². The molecule has 0 unspecified atom stereocenters. The number of nitrogens with one attached hydrogen (secondary N) is 1. The van der Waals surface area contributed by atoms with Crippen molar-refractivity contribution in [3.8, 4) is 28.4 Å². The number of amides is 1. The largest absolute Gasteiger partial charge is 0.497 e. The molecule has 0 atom stereocenters. The minimum absolute atomic E-state index is 0.274. The second-order valence-electron chi connectivity index (χ2n) is 7.61. The molecule has 35 heavy (non-hydrogen) atoms. The lowest BCUT2D eigenvalue weighted by atomic mass is 10.1. The summed E-state index contributed by atoms with van der Waals surface area (Å²) in [6, 6.07) is 21.8. The van der Waals surface area contributed by atoms with Crippen molar-refractivity contribution in [3.05, 3.63) is 95.7 Å². The van der Waals surface area contributed by atoms with Gasteiger partial charge in [0.1, 0.15) is 17.2 Å². The quantitative estimate of drug-likeness (QED) is 0.386. The molecule has 1 N–H and O–H groups in total. The van der Waals surface area contributed by atoms with Crippen LogP contribution in [0.2, 0.25) is 0 Å². The predicted molar refractivity (Wildman–Crippen MR) is 131 cm³/mol. The lowest BCUT2D eigenvalue weighted by molar-refractivity contribution is 0.0600. The average Bonchev–Trinajstić information content (AvgIpc) is 3.37. The van der Waals surface area contributed by atoms with Gasteiger partial charge in [-0.3, -0.25) is 4.79 Å². The van der Waals surface area contributed by atoms with Crippen molar-refractivity contribution in [2.45, 2.75) is 6.54 Å². The molecule has 3 aromatic carbocycles. The number of rotatable bonds is 8. The van der Waals surface area contributed by atoms with Gasteiger partial charge in [-0.05, 0) is 42.0 Å². The molecule has 1 heterocycles. The molecule has 178 valence electrons. The molecule has 0 saturated carbocycles. The summed E-state index contributed by atoms with van der Waals surface area (Å²) in [6.07, 6.45) is 1.70. The highest BCUT2D eigenvalue weighted by molar-refractivity contribution is 6.00. The van der Waals surface area contributed by atoms with E-state index in [0.717, 1.165) is 11.3 Å². The molecule has 0 aliphatic heterocycles. The minimum Gasteiger partial charge on any atom is -0.497 e. The molecular formula is C27H25N3O5. The average molecular weight is 472 g/mol. The van der Waals surface area contributed by atoms with Crippen molar-refractivity contribution >= 4 is 11.9 Å². The third-order valence-electron chi connectivity index (χ3n) is 5.47. The fraction of sp³-hybridized carbons (Fsp3) is 0.148. The van der Waals surface area contributed by atoms with Crippen LogP contribution in [0.25, 0.3) is 16.9 Å². The van der Waals surface area contributed by atoms with E-state index < -0.39 is 5.97 Å². The van der Waals surface area contributed by atoms with Crippen molar-refractivity contribution in [1.29, 1.82) is 0 Å². The van der Waals surface area contributed by atoms with Crippen LogP contribution >= 0.6 is 0 Å². The number of ether oxygens (including phenoxy) is 3. The molecule has 1 amide bonds. The third-order valence-corrected chi connectivity index (χ3v) is 5.47. The standard InChI is InChI=1S/C27H25N3O5/c1-33-21-13-14-22(24(15-21)34-2)25-23(17-30(29-25)20-7-5-4-6-8-20)26(31)28-16-18-9-11-19(12-10-18)27(32)35-3/h4-15,17H,16H2,1-3H3,(H,28,31). The van der Waals surface area contributed by atoms with E-state index >= 15 is 0 Å². The summed E-state index contributed by atoms with van der Waals surface area (Å²) < 4.78 is 17.3. The van der Waals surface area contributed by atoms with Gasteiger partial charge in [0.15, 0.2) is 0 Å². The van der Waals surface area contributed by atoms with E-state index in [1.54, 1.807) is 61.5 Å². The number of methoxy groups -OCH3 is 3. The Bertz CT molecular complexity index is 1330. The minimum atomic E-state index is -0.410. The monoisotopic (exact) mass is 471 g/mol. The maximum absolute atomic E-state index is 13.3. The normalized spacial score (nSPS) is 10.5. The van der Waals surface area contributed by atoms with Gasteiger partial charge in [0.25, 0.3) is 5.91 Å². The maximum Gasteiger partial charge on any atom is 0.337 e. The van der Waals surface area contributed by atoms with Gasteiger partial charge in [-0.1, -0.05) is 30.3 Å². The number of carbonyl (C=O) groups is 2. The highest BCUT2D eigenvalue weighted by Crippen LogP contribution is 2.34. The lowest BCUT2D eigenvalue weighted by Crippen LogP contribution is -2.23. The summed E-state index contributed by atoms with van der Waals surface area (Å²) in [5.41, 5.74) is 3.63. The number of benzene rings is 3. The topological polar surface area (TPSA) is 91.7 Å². The molecule has 4 rings (SSSR count). The van der Waals surface area contributed by atoms with E-state index in [2.05, 4.69) is 5.32 Å². The lowest BCUT2D eigenvalue weighted by Gasteiger charge is -2.10. The van der Waals surface area contributed by atoms with Gasteiger partial charge in [0.05, 0.1) is 38.1 Å². The number of hydrogen-bond acceptors (Lipinski definition) is 6. The van der Waals surface area contributed by atoms with Crippen LogP contribution in [0.5, 0.6) is 11.5 Å². The first-order chi connectivity index (χ1) is 17.0. The van der Waals surface area contributed by atoms with Crippen molar-refractivity contribution in [1.82, 2.24) is 15.1 Å². The van der Waals surface area contributed by atoms with Gasteiger partial charge in [0.2, 0.25) is 0 Å². The summed E-state index contributed by atoms with van der Waals surface area (Å²) in [6.45, 7) is 0.274. The number of para-hydroxylation sites is 1. The van der Waals surface area contributed by atoms with Crippen molar-refractivity contribution in [3.63, 3.8) is 0 Å².